The lowest BCUT2D eigenvalue weighted by Crippen LogP contribution is -2.25. The Kier molecular flexibility index (Phi) is 3.39. The third kappa shape index (κ3) is 2.10. The molecule has 0 saturated carbocycles. The number of hydrogen-bond donors (Lipinski definition) is 1. The molecule has 54 valence electrons. The number of hydrogen-bond acceptors (Lipinski definition) is 1. The van der Waals surface area contributed by atoms with Gasteiger partial charge in [0.05, 0.1) is 0 Å². The second kappa shape index (κ2) is 3.56. The van der Waals surface area contributed by atoms with Crippen LogP contribution in [0.5, 0.6) is 0 Å². The second-order valence-electron chi connectivity index (χ2n) is 1.98. The first-order valence-corrected chi connectivity index (χ1v) is 2.78. The van der Waals surface area contributed by atoms with Gasteiger partial charge in [-0.3, -0.25) is 0 Å². The number of nitrogens with zero attached hydrogens (tertiary/aromatic N) is 1. The van der Waals surface area contributed by atoms with Crippen LogP contribution in [-0.4, -0.2) is 29.2 Å². The fourth-order valence-electron chi connectivity index (χ4n) is 0.908. The molecule has 0 spiro atoms. The molecule has 1 aliphatic heterocycles. The smallest absolute Gasteiger partial charge is 0.407 e. The molecule has 1 rings (SSSR count). The van der Waals surface area contributed by atoms with E-state index in [-0.39, 0.29) is 12.4 Å². The number of likely N-dealkylation sites (tertiary alicyclic amines) is 1. The molecule has 0 aromatic rings. The van der Waals surface area contributed by atoms with E-state index in [1.54, 1.807) is 0 Å². The fraction of sp³-hybridized carbons (Fsp3) is 0.800. The Morgan fingerprint density at radius 3 is 2.00 bits per heavy atom. The van der Waals surface area contributed by atoms with Crippen molar-refractivity contribution in [2.24, 2.45) is 0 Å². The molecule has 0 aromatic heterocycles. The van der Waals surface area contributed by atoms with E-state index in [0.29, 0.717) is 0 Å². The van der Waals surface area contributed by atoms with Crippen LogP contribution in [0.1, 0.15) is 12.8 Å². The summed E-state index contributed by atoms with van der Waals surface area (Å²) in [7, 11) is 0. The molecule has 1 fully saturated rings. The molecule has 1 heterocycles. The highest BCUT2D eigenvalue weighted by molar-refractivity contribution is 5.85. The summed E-state index contributed by atoms with van der Waals surface area (Å²) in [6, 6.07) is 0. The van der Waals surface area contributed by atoms with Gasteiger partial charge in [0.15, 0.2) is 0 Å². The summed E-state index contributed by atoms with van der Waals surface area (Å²) >= 11 is 0. The van der Waals surface area contributed by atoms with Crippen molar-refractivity contribution in [3.8, 4) is 0 Å². The minimum Gasteiger partial charge on any atom is -0.465 e. The first kappa shape index (κ1) is 8.56. The largest absolute Gasteiger partial charge is 0.465 e. The third-order valence-corrected chi connectivity index (χ3v) is 1.38. The predicted octanol–water partition coefficient (Wildman–Crippen LogP) is 1.18. The molecule has 0 atom stereocenters. The highest BCUT2D eigenvalue weighted by Gasteiger charge is 2.15. The predicted molar refractivity (Wildman–Crippen MR) is 36.1 cm³/mol. The van der Waals surface area contributed by atoms with E-state index in [9.17, 15) is 4.79 Å². The van der Waals surface area contributed by atoms with Crippen LogP contribution in [0.4, 0.5) is 4.79 Å². The Balaban J connectivity index is 0.000000640. The topological polar surface area (TPSA) is 40.5 Å². The van der Waals surface area contributed by atoms with Gasteiger partial charge < -0.3 is 10.0 Å². The van der Waals surface area contributed by atoms with Gasteiger partial charge in [-0.2, -0.15) is 0 Å². The van der Waals surface area contributed by atoms with Gasteiger partial charge in [0.2, 0.25) is 0 Å². The monoisotopic (exact) mass is 151 g/mol. The van der Waals surface area contributed by atoms with Gasteiger partial charge in [0.1, 0.15) is 0 Å². The normalized spacial score (nSPS) is 17.1. The van der Waals surface area contributed by atoms with E-state index in [0.717, 1.165) is 25.9 Å². The average molecular weight is 152 g/mol. The molecule has 0 unspecified atom stereocenters. The summed E-state index contributed by atoms with van der Waals surface area (Å²) in [6.07, 6.45) is 1.29. The van der Waals surface area contributed by atoms with E-state index in [2.05, 4.69) is 0 Å². The summed E-state index contributed by atoms with van der Waals surface area (Å²) in [4.78, 5) is 11.6. The van der Waals surface area contributed by atoms with E-state index >= 15 is 0 Å². The Hall–Kier alpha value is -0.440. The molecule has 0 aliphatic carbocycles. The Labute approximate surface area is 60.1 Å². The summed E-state index contributed by atoms with van der Waals surface area (Å²) < 4.78 is 0. The lowest BCUT2D eigenvalue weighted by Gasteiger charge is -2.07. The number of amides is 1. The Bertz CT molecular complexity index is 101. The average Bonchev–Trinajstić information content (AvgIpc) is 2.12. The van der Waals surface area contributed by atoms with Crippen molar-refractivity contribution < 1.29 is 9.90 Å². The molecule has 0 aromatic carbocycles. The van der Waals surface area contributed by atoms with Crippen LogP contribution in [0.25, 0.3) is 0 Å². The van der Waals surface area contributed by atoms with Crippen molar-refractivity contribution >= 4 is 18.5 Å². The van der Waals surface area contributed by atoms with Crippen LogP contribution in [0, 0.1) is 0 Å². The van der Waals surface area contributed by atoms with E-state index in [1.807, 2.05) is 0 Å². The van der Waals surface area contributed by atoms with Crippen molar-refractivity contribution in [1.82, 2.24) is 4.90 Å². The van der Waals surface area contributed by atoms with Crippen molar-refractivity contribution in [1.29, 1.82) is 0 Å². The SMILES string of the molecule is Cl.O=C(O)N1CCCC1. The zero-order chi connectivity index (χ0) is 5.98. The number of halogens is 1. The van der Waals surface area contributed by atoms with E-state index < -0.39 is 6.09 Å². The molecule has 0 bridgehead atoms. The maximum absolute atomic E-state index is 10.1. The molecule has 1 amide bonds. The molecule has 3 nitrogen and oxygen atoms in total. The minimum atomic E-state index is -0.775. The molecule has 1 saturated heterocycles. The summed E-state index contributed by atoms with van der Waals surface area (Å²) in [5.41, 5.74) is 0. The van der Waals surface area contributed by atoms with Gasteiger partial charge in [-0.1, -0.05) is 0 Å². The van der Waals surface area contributed by atoms with Gasteiger partial charge in [0.25, 0.3) is 0 Å². The molecule has 4 heteroatoms. The molecule has 1 aliphatic rings. The standard InChI is InChI=1S/C5H9NO2.ClH/c7-5(8)6-3-1-2-4-6;/h1-4H2,(H,7,8);1H. The third-order valence-electron chi connectivity index (χ3n) is 1.38. The highest BCUT2D eigenvalue weighted by Crippen LogP contribution is 2.05. The molecule has 0 radical (unpaired) electrons. The first-order valence-electron chi connectivity index (χ1n) is 2.78. The van der Waals surface area contributed by atoms with Gasteiger partial charge in [0, 0.05) is 13.1 Å². The Morgan fingerprint density at radius 1 is 1.33 bits per heavy atom. The molecule has 9 heavy (non-hydrogen) atoms. The minimum absolute atomic E-state index is 0. The van der Waals surface area contributed by atoms with Crippen molar-refractivity contribution in [2.45, 2.75) is 12.8 Å². The van der Waals surface area contributed by atoms with Crippen LogP contribution in [0.3, 0.4) is 0 Å². The van der Waals surface area contributed by atoms with Crippen LogP contribution in [-0.2, 0) is 0 Å². The lowest BCUT2D eigenvalue weighted by atomic mass is 10.4. The summed E-state index contributed by atoms with van der Waals surface area (Å²) in [6.45, 7) is 1.46. The zero-order valence-electron chi connectivity index (χ0n) is 5.04. The Morgan fingerprint density at radius 2 is 1.78 bits per heavy atom. The maximum Gasteiger partial charge on any atom is 0.407 e. The highest BCUT2D eigenvalue weighted by atomic mass is 35.5. The fourth-order valence-corrected chi connectivity index (χ4v) is 0.908. The summed E-state index contributed by atoms with van der Waals surface area (Å²) in [5.74, 6) is 0. The maximum atomic E-state index is 10.1. The van der Waals surface area contributed by atoms with Gasteiger partial charge in [-0.05, 0) is 12.8 Å². The molecular weight excluding hydrogens is 142 g/mol. The van der Waals surface area contributed by atoms with Gasteiger partial charge >= 0.3 is 6.09 Å². The molecular formula is C5H10ClNO2. The van der Waals surface area contributed by atoms with E-state index in [4.69, 9.17) is 5.11 Å². The lowest BCUT2D eigenvalue weighted by molar-refractivity contribution is 0.156. The van der Waals surface area contributed by atoms with Crippen molar-refractivity contribution in [2.75, 3.05) is 13.1 Å². The quantitative estimate of drug-likeness (QED) is 0.565. The van der Waals surface area contributed by atoms with Crippen molar-refractivity contribution in [3.63, 3.8) is 0 Å². The number of carboxylic acid groups (broad SMARTS) is 1. The zero-order valence-corrected chi connectivity index (χ0v) is 5.86. The van der Waals surface area contributed by atoms with Crippen LogP contribution in [0.15, 0.2) is 0 Å². The van der Waals surface area contributed by atoms with Crippen LogP contribution in [0.2, 0.25) is 0 Å². The van der Waals surface area contributed by atoms with Crippen LogP contribution < -0.4 is 0 Å². The van der Waals surface area contributed by atoms with Crippen molar-refractivity contribution in [3.05, 3.63) is 0 Å². The first-order chi connectivity index (χ1) is 3.80. The van der Waals surface area contributed by atoms with E-state index in [1.165, 1.54) is 4.90 Å². The number of carbonyl (C=O) groups is 1. The second-order valence-corrected chi connectivity index (χ2v) is 1.98. The number of rotatable bonds is 0. The van der Waals surface area contributed by atoms with Gasteiger partial charge in [-0.25, -0.2) is 4.79 Å². The van der Waals surface area contributed by atoms with Crippen LogP contribution >= 0.6 is 12.4 Å². The van der Waals surface area contributed by atoms with Gasteiger partial charge in [-0.15, -0.1) is 12.4 Å². The summed E-state index contributed by atoms with van der Waals surface area (Å²) in [5, 5.41) is 8.34. The molecule has 1 N–H and O–H groups in total.